The van der Waals surface area contributed by atoms with E-state index in [1.807, 2.05) is 44.2 Å². The predicted octanol–water partition coefficient (Wildman–Crippen LogP) is 2.51. The highest BCUT2D eigenvalue weighted by Gasteiger charge is 2.37. The van der Waals surface area contributed by atoms with Crippen molar-refractivity contribution < 1.29 is 0 Å². The molecule has 0 spiro atoms. The largest absolute Gasteiger partial charge is 0.283 e. The molecule has 0 bridgehead atoms. The maximum atomic E-state index is 9.50. The van der Waals surface area contributed by atoms with Crippen LogP contribution in [0.2, 0.25) is 0 Å². The van der Waals surface area contributed by atoms with E-state index in [1.165, 1.54) is 11.8 Å². The lowest BCUT2D eigenvalue weighted by Crippen LogP contribution is -2.32. The molecule has 7 nitrogen and oxygen atoms in total. The van der Waals surface area contributed by atoms with Crippen LogP contribution in [0.5, 0.6) is 0 Å². The summed E-state index contributed by atoms with van der Waals surface area (Å²) in [7, 11) is 0. The molecule has 0 fully saturated rings. The van der Waals surface area contributed by atoms with Crippen LogP contribution in [0.3, 0.4) is 0 Å². The van der Waals surface area contributed by atoms with Crippen molar-refractivity contribution in [2.24, 2.45) is 11.0 Å². The Labute approximate surface area is 143 Å². The van der Waals surface area contributed by atoms with E-state index < -0.39 is 5.92 Å². The molecule has 2 aliphatic heterocycles. The average molecular weight is 333 g/mol. The Morgan fingerprint density at radius 3 is 2.50 bits per heavy atom. The third-order valence-corrected chi connectivity index (χ3v) is 4.97. The summed E-state index contributed by atoms with van der Waals surface area (Å²) < 4.78 is 0. The molecule has 116 valence electrons. The number of hydrogen-bond acceptors (Lipinski definition) is 7. The zero-order valence-electron chi connectivity index (χ0n) is 12.9. The summed E-state index contributed by atoms with van der Waals surface area (Å²) in [5, 5.41) is 40.9. The van der Waals surface area contributed by atoms with Gasteiger partial charge in [0.2, 0.25) is 0 Å². The average Bonchev–Trinajstić information content (AvgIpc) is 2.91. The molecule has 0 radical (unpaired) electrons. The predicted molar refractivity (Wildman–Crippen MR) is 89.9 cm³/mol. The lowest BCUT2D eigenvalue weighted by atomic mass is 10.0. The summed E-state index contributed by atoms with van der Waals surface area (Å²) in [4.78, 5) is 2.57. The number of benzene rings is 1. The quantitative estimate of drug-likeness (QED) is 0.814. The molecular weight excluding hydrogens is 322 g/mol. The number of nitrogens with zero attached hydrogens (tertiary/aromatic N) is 5. The highest BCUT2D eigenvalue weighted by atomic mass is 32.2. The van der Waals surface area contributed by atoms with Gasteiger partial charge >= 0.3 is 0 Å². The first-order valence-electron chi connectivity index (χ1n) is 6.97. The Morgan fingerprint density at radius 2 is 1.88 bits per heavy atom. The fourth-order valence-corrected chi connectivity index (χ4v) is 3.70. The fraction of sp³-hybridized carbons (Fsp3) is 0.188. The van der Waals surface area contributed by atoms with Crippen LogP contribution >= 0.6 is 11.8 Å². The van der Waals surface area contributed by atoms with Gasteiger partial charge in [-0.15, -0.1) is 5.10 Å². The number of nitrogens with one attached hydrogen (secondary N) is 2. The molecule has 0 unspecified atom stereocenters. The van der Waals surface area contributed by atoms with Crippen molar-refractivity contribution >= 4 is 28.5 Å². The molecule has 0 saturated heterocycles. The van der Waals surface area contributed by atoms with Gasteiger partial charge in [-0.05, 0) is 36.7 Å². The summed E-state index contributed by atoms with van der Waals surface area (Å²) in [5.41, 5.74) is 5.46. The zero-order chi connectivity index (χ0) is 17.4. The summed E-state index contributed by atoms with van der Waals surface area (Å²) in [6.45, 7) is 3.90. The highest BCUT2D eigenvalue weighted by Crippen LogP contribution is 2.45. The Kier molecular flexibility index (Phi) is 3.73. The maximum absolute atomic E-state index is 9.50. The molecule has 2 aliphatic rings. The molecule has 0 aliphatic carbocycles. The minimum Gasteiger partial charge on any atom is -0.283 e. The molecule has 24 heavy (non-hydrogen) atoms. The van der Waals surface area contributed by atoms with Gasteiger partial charge in [-0.25, -0.2) is 0 Å². The van der Waals surface area contributed by atoms with Gasteiger partial charge in [-0.3, -0.25) is 15.7 Å². The molecule has 0 atom stereocenters. The Balaban J connectivity index is 2.22. The van der Waals surface area contributed by atoms with Crippen molar-refractivity contribution in [2.75, 3.05) is 4.90 Å². The highest BCUT2D eigenvalue weighted by molar-refractivity contribution is 8.15. The van der Waals surface area contributed by atoms with Crippen molar-refractivity contribution in [3.05, 3.63) is 34.5 Å². The standard InChI is InChI=1S/C16H11N7S/c1-8-3-4-9(2)14-13(8)23-15(20)11(7-19)12(10(5-17)6-18)21-22-16(23)24-14/h3-4,10,20-21H,1-2H3. The van der Waals surface area contributed by atoms with Crippen LogP contribution in [0, 0.1) is 59.2 Å². The number of nitriles is 3. The lowest BCUT2D eigenvalue weighted by molar-refractivity contribution is 0.791. The second-order valence-corrected chi connectivity index (χ2v) is 6.24. The lowest BCUT2D eigenvalue weighted by Gasteiger charge is -2.20. The first-order valence-corrected chi connectivity index (χ1v) is 7.79. The van der Waals surface area contributed by atoms with Gasteiger partial charge in [0, 0.05) is 4.90 Å². The maximum Gasteiger partial charge on any atom is 0.198 e. The molecule has 0 aromatic heterocycles. The van der Waals surface area contributed by atoms with Crippen LogP contribution in [0.4, 0.5) is 5.69 Å². The van der Waals surface area contributed by atoms with E-state index in [9.17, 15) is 5.26 Å². The van der Waals surface area contributed by atoms with E-state index >= 15 is 0 Å². The molecule has 1 aromatic rings. The van der Waals surface area contributed by atoms with Crippen LogP contribution in [0.15, 0.2) is 33.4 Å². The van der Waals surface area contributed by atoms with Gasteiger partial charge in [0.05, 0.1) is 23.5 Å². The van der Waals surface area contributed by atoms with E-state index in [1.54, 1.807) is 4.90 Å². The first-order chi connectivity index (χ1) is 11.5. The van der Waals surface area contributed by atoms with Gasteiger partial charge in [0.15, 0.2) is 16.9 Å². The topological polar surface area (TPSA) is 123 Å². The Bertz CT molecular complexity index is 938. The minimum absolute atomic E-state index is 0.0434. The zero-order valence-corrected chi connectivity index (χ0v) is 13.7. The van der Waals surface area contributed by atoms with Gasteiger partial charge in [-0.2, -0.15) is 15.8 Å². The number of aryl methyl sites for hydroxylation is 2. The second kappa shape index (κ2) is 5.73. The number of thioether (sulfide) groups is 1. The van der Waals surface area contributed by atoms with Crippen LogP contribution in [0.25, 0.3) is 0 Å². The van der Waals surface area contributed by atoms with Crippen molar-refractivity contribution in [1.82, 2.24) is 5.43 Å². The van der Waals surface area contributed by atoms with Crippen molar-refractivity contribution in [2.45, 2.75) is 18.7 Å². The van der Waals surface area contributed by atoms with Crippen molar-refractivity contribution in [3.63, 3.8) is 0 Å². The van der Waals surface area contributed by atoms with Gasteiger partial charge in [0.25, 0.3) is 0 Å². The first kappa shape index (κ1) is 15.6. The number of anilines is 1. The smallest absolute Gasteiger partial charge is 0.198 e. The normalized spacial score (nSPS) is 15.6. The van der Waals surface area contributed by atoms with Crippen molar-refractivity contribution in [3.8, 4) is 18.2 Å². The summed E-state index contributed by atoms with van der Waals surface area (Å²) in [6, 6.07) is 9.52. The number of fused-ring (bicyclic) bond motifs is 3. The number of amidine groups is 2. The van der Waals surface area contributed by atoms with Gasteiger partial charge in [0.1, 0.15) is 11.6 Å². The molecule has 2 N–H and O–H groups in total. The number of allylic oxidation sites excluding steroid dienone is 1. The van der Waals surface area contributed by atoms with Crippen LogP contribution in [-0.4, -0.2) is 11.0 Å². The van der Waals surface area contributed by atoms with E-state index in [2.05, 4.69) is 10.5 Å². The Morgan fingerprint density at radius 1 is 1.21 bits per heavy atom. The Hall–Kier alpha value is -3.28. The summed E-state index contributed by atoms with van der Waals surface area (Å²) in [5.74, 6) is -1.28. The summed E-state index contributed by atoms with van der Waals surface area (Å²) in [6.07, 6.45) is 0. The second-order valence-electron chi connectivity index (χ2n) is 5.26. The minimum atomic E-state index is -1.19. The van der Waals surface area contributed by atoms with E-state index in [4.69, 9.17) is 15.9 Å². The van der Waals surface area contributed by atoms with Gasteiger partial charge < -0.3 is 0 Å². The van der Waals surface area contributed by atoms with E-state index in [0.29, 0.717) is 5.17 Å². The molecule has 2 heterocycles. The van der Waals surface area contributed by atoms with Crippen LogP contribution in [0.1, 0.15) is 11.1 Å². The third-order valence-electron chi connectivity index (χ3n) is 3.80. The van der Waals surface area contributed by atoms with Crippen LogP contribution < -0.4 is 10.3 Å². The monoisotopic (exact) mass is 333 g/mol. The number of hydrazone groups is 1. The van der Waals surface area contributed by atoms with E-state index in [-0.39, 0.29) is 17.1 Å². The van der Waals surface area contributed by atoms with Gasteiger partial charge in [-0.1, -0.05) is 12.1 Å². The molecule has 0 amide bonds. The molecule has 0 saturated carbocycles. The number of hydrogen-bond donors (Lipinski definition) is 2. The molecule has 8 heteroatoms. The fourth-order valence-electron chi connectivity index (χ4n) is 2.57. The molecule has 1 aromatic carbocycles. The van der Waals surface area contributed by atoms with Crippen molar-refractivity contribution in [1.29, 1.82) is 21.2 Å². The molecule has 3 rings (SSSR count). The van der Waals surface area contributed by atoms with Crippen LogP contribution in [-0.2, 0) is 0 Å². The third kappa shape index (κ3) is 2.11. The SMILES string of the molecule is Cc1ccc(C)c2c1SC1=NNC(C(C#N)C#N)=C(C#N)C(=N)N12. The summed E-state index contributed by atoms with van der Waals surface area (Å²) >= 11 is 1.39. The number of rotatable bonds is 1. The molecular formula is C16H11N7S. The van der Waals surface area contributed by atoms with E-state index in [0.717, 1.165) is 21.7 Å².